The van der Waals surface area contributed by atoms with Crippen molar-refractivity contribution in [1.82, 2.24) is 0 Å². The van der Waals surface area contributed by atoms with E-state index in [9.17, 15) is 0 Å². The van der Waals surface area contributed by atoms with Gasteiger partial charge in [0.25, 0.3) is 0 Å². The van der Waals surface area contributed by atoms with E-state index in [0.717, 1.165) is 0 Å². The molecular weight excluding hydrogens is 474 g/mol. The van der Waals surface area contributed by atoms with Gasteiger partial charge in [0, 0.05) is 91.2 Å². The second kappa shape index (κ2) is 28.9. The second-order valence-electron chi connectivity index (χ2n) is 0. The number of hydrogen-bond donors (Lipinski definition) is 0. The Kier molecular flexibility index (Phi) is 263. The molecule has 0 aromatic carbocycles. The summed E-state index contributed by atoms with van der Waals surface area (Å²) >= 11 is 0. The maximum Gasteiger partial charge on any atom is 0 e. The van der Waals surface area contributed by atoms with Crippen molar-refractivity contribution in [3.8, 4) is 0 Å². The van der Waals surface area contributed by atoms with E-state index >= 15 is 0 Å². The van der Waals surface area contributed by atoms with Gasteiger partial charge in [0.15, 0.2) is 0 Å². The van der Waals surface area contributed by atoms with Crippen LogP contribution in [0.2, 0.25) is 0 Å². The predicted molar refractivity (Wildman–Crippen MR) is 0 cm³/mol. The van der Waals surface area contributed by atoms with E-state index in [1.165, 1.54) is 0 Å². The van der Waals surface area contributed by atoms with Crippen molar-refractivity contribution in [3.63, 3.8) is 0 Å². The third-order valence-electron chi connectivity index (χ3n) is 0. The molecule has 0 aliphatic carbocycles. The molecule has 0 rings (SSSR count). The Balaban J connectivity index is 0. The maximum atomic E-state index is 0. The Morgan fingerprint density at radius 2 is 1.00 bits per heavy atom. The van der Waals surface area contributed by atoms with Crippen LogP contribution in [0.5, 0.6) is 0 Å². The average molecular weight is 474 g/mol. The molecule has 0 nitrogen and oxygen atoms in total. The molecule has 0 aliphatic rings. The van der Waals surface area contributed by atoms with Crippen molar-refractivity contribution in [2.75, 3.05) is 0 Å². The summed E-state index contributed by atoms with van der Waals surface area (Å²) < 4.78 is 0. The first-order chi connectivity index (χ1) is 0. The minimum Gasteiger partial charge on any atom is 0 e. The normalized spacial score (nSPS) is 0. The van der Waals surface area contributed by atoms with Gasteiger partial charge in [-0.05, 0) is 0 Å². The first-order valence-corrected chi connectivity index (χ1v) is 0. The van der Waals surface area contributed by atoms with Crippen molar-refractivity contribution >= 4 is 0 Å². The van der Waals surface area contributed by atoms with Crippen molar-refractivity contribution in [3.05, 3.63) is 0 Å². The monoisotopic (exact) mass is 474 g/mol. The molecule has 0 aromatic heterocycles. The Bertz CT molecular complexity index is 11.6. The molecule has 5 heteroatoms. The van der Waals surface area contributed by atoms with E-state index in [0.29, 0.717) is 0 Å². The van der Waals surface area contributed by atoms with E-state index in [-0.39, 0.29) is 91.2 Å². The van der Waals surface area contributed by atoms with Crippen LogP contribution in [0.4, 0.5) is 0 Å². The molecule has 0 fully saturated rings. The van der Waals surface area contributed by atoms with Gasteiger partial charge in [-0.15, -0.1) is 0 Å². The summed E-state index contributed by atoms with van der Waals surface area (Å²) in [5.41, 5.74) is 0. The summed E-state index contributed by atoms with van der Waals surface area (Å²) in [6, 6.07) is 0. The Hall–Kier alpha value is 2.84. The third kappa shape index (κ3) is 19.9. The zero-order valence-corrected chi connectivity index (χ0v) is 8.68. The van der Waals surface area contributed by atoms with Crippen LogP contribution in [0, 0.1) is 0 Å². The molecule has 0 heterocycles. The molecule has 0 unspecified atom stereocenters. The smallest absolute Gasteiger partial charge is 0 e. The van der Waals surface area contributed by atoms with E-state index in [2.05, 4.69) is 0 Å². The molecule has 0 N–H and O–H groups in total. The number of rotatable bonds is 0. The number of hydrogen-bond acceptors (Lipinski definition) is 0. The summed E-state index contributed by atoms with van der Waals surface area (Å²) in [6.07, 6.45) is 0. The van der Waals surface area contributed by atoms with E-state index in [1.54, 1.807) is 0 Å². The van der Waals surface area contributed by atoms with Crippen LogP contribution >= 0.6 is 0 Å². The Morgan fingerprint density at radius 3 is 1.00 bits per heavy atom. The van der Waals surface area contributed by atoms with Crippen LogP contribution in [0.1, 0.15) is 0 Å². The van der Waals surface area contributed by atoms with Crippen LogP contribution in [-0.4, -0.2) is 0 Å². The van der Waals surface area contributed by atoms with Gasteiger partial charge in [-0.1, -0.05) is 0 Å². The fourth-order valence-electron chi connectivity index (χ4n) is 0. The Morgan fingerprint density at radius 1 is 1.00 bits per heavy atom. The van der Waals surface area contributed by atoms with Crippen LogP contribution in [0.3, 0.4) is 0 Å². The third-order valence-corrected chi connectivity index (χ3v) is 0. The topological polar surface area (TPSA) is 0 Å². The van der Waals surface area contributed by atoms with Crippen LogP contribution in [-0.2, 0) is 91.2 Å². The molecule has 0 bridgehead atoms. The van der Waals surface area contributed by atoms with E-state index in [1.807, 2.05) is 0 Å². The van der Waals surface area contributed by atoms with Gasteiger partial charge < -0.3 is 0 Å². The van der Waals surface area contributed by atoms with Crippen LogP contribution in [0.15, 0.2) is 0 Å². The van der Waals surface area contributed by atoms with E-state index in [4.69, 9.17) is 0 Å². The van der Waals surface area contributed by atoms with Gasteiger partial charge in [-0.25, -0.2) is 0 Å². The molecule has 0 saturated carbocycles. The summed E-state index contributed by atoms with van der Waals surface area (Å²) in [6.45, 7) is 0. The predicted octanol–water partition coefficient (Wildman–Crippen LogP) is -0.0125. The van der Waals surface area contributed by atoms with Gasteiger partial charge >= 0.3 is 0 Å². The average Bonchev–Trinajstić information content (AvgIpc) is 0. The summed E-state index contributed by atoms with van der Waals surface area (Å²) in [5.74, 6) is 0. The molecular formula is CuFeNiPtRu. The summed E-state index contributed by atoms with van der Waals surface area (Å²) in [4.78, 5) is 0. The minimum absolute atomic E-state index is 0. The van der Waals surface area contributed by atoms with Gasteiger partial charge in [-0.2, -0.15) is 0 Å². The zero-order chi connectivity index (χ0) is 0. The molecule has 0 aliphatic heterocycles. The molecule has 0 saturated heterocycles. The van der Waals surface area contributed by atoms with Gasteiger partial charge in [0.05, 0.1) is 0 Å². The fraction of sp³-hybridized carbons (Fsp3) is 0. The first kappa shape index (κ1) is 45.4. The van der Waals surface area contributed by atoms with Crippen molar-refractivity contribution < 1.29 is 91.2 Å². The van der Waals surface area contributed by atoms with Crippen molar-refractivity contribution in [2.24, 2.45) is 0 Å². The van der Waals surface area contributed by atoms with Crippen LogP contribution in [0.25, 0.3) is 0 Å². The quantitative estimate of drug-likeness (QED) is 0.434. The molecule has 0 spiro atoms. The van der Waals surface area contributed by atoms with E-state index < -0.39 is 0 Å². The van der Waals surface area contributed by atoms with Crippen molar-refractivity contribution in [2.45, 2.75) is 0 Å². The first-order valence-electron chi connectivity index (χ1n) is 0. The van der Waals surface area contributed by atoms with Crippen LogP contribution < -0.4 is 0 Å². The molecule has 5 heavy (non-hydrogen) atoms. The summed E-state index contributed by atoms with van der Waals surface area (Å²) in [5, 5.41) is 0. The zero-order valence-electron chi connectivity index (χ0n) is 1.64. The van der Waals surface area contributed by atoms with Gasteiger partial charge in [0.2, 0.25) is 0 Å². The maximum absolute atomic E-state index is 0. The van der Waals surface area contributed by atoms with Crippen molar-refractivity contribution in [1.29, 1.82) is 0 Å². The molecule has 0 atom stereocenters. The fourth-order valence-corrected chi connectivity index (χ4v) is 0. The Labute approximate surface area is 89.9 Å². The summed E-state index contributed by atoms with van der Waals surface area (Å²) in [7, 11) is 0. The largest absolute Gasteiger partial charge is 0 e. The molecule has 47 valence electrons. The minimum atomic E-state index is 0. The molecule has 0 amide bonds. The standard InChI is InChI=1S/Cu.Fe.Ni.Pt.Ru. The van der Waals surface area contributed by atoms with Gasteiger partial charge in [-0.3, -0.25) is 0 Å². The second-order valence-corrected chi connectivity index (χ2v) is 0. The molecule has 0 aromatic rings. The SMILES string of the molecule is [Cu].[Fe].[Ni].[Pt].[Ru]. The molecule has 1 radical (unpaired) electrons. The van der Waals surface area contributed by atoms with Gasteiger partial charge in [0.1, 0.15) is 0 Å².